The number of aryl methyl sites for hydroxylation is 2. The van der Waals surface area contributed by atoms with Gasteiger partial charge in [0.1, 0.15) is 11.6 Å². The van der Waals surface area contributed by atoms with Gasteiger partial charge < -0.3 is 4.74 Å². The summed E-state index contributed by atoms with van der Waals surface area (Å²) in [7, 11) is 0. The lowest BCUT2D eigenvalue weighted by molar-refractivity contribution is 0.0817. The predicted molar refractivity (Wildman–Crippen MR) is 76.7 cm³/mol. The normalized spacial score (nSPS) is 12.0. The van der Waals surface area contributed by atoms with E-state index in [0.29, 0.717) is 11.3 Å². The van der Waals surface area contributed by atoms with Crippen LogP contribution in [0.1, 0.15) is 28.4 Å². The van der Waals surface area contributed by atoms with Crippen molar-refractivity contribution in [2.45, 2.75) is 26.9 Å². The van der Waals surface area contributed by atoms with Gasteiger partial charge in [-0.05, 0) is 50.1 Å². The van der Waals surface area contributed by atoms with Crippen LogP contribution in [0.5, 0.6) is 5.75 Å². The predicted octanol–water partition coefficient (Wildman–Crippen LogP) is 4.09. The largest absolute Gasteiger partial charge is 0.482 e. The van der Waals surface area contributed by atoms with Crippen molar-refractivity contribution in [1.29, 1.82) is 0 Å². The van der Waals surface area contributed by atoms with Crippen LogP contribution in [0.3, 0.4) is 0 Å². The summed E-state index contributed by atoms with van der Waals surface area (Å²) in [5, 5.41) is 0. The highest BCUT2D eigenvalue weighted by molar-refractivity contribution is 5.99. The van der Waals surface area contributed by atoms with Crippen molar-refractivity contribution in [3.63, 3.8) is 0 Å². The summed E-state index contributed by atoms with van der Waals surface area (Å²) in [4.78, 5) is 12.3. The molecule has 1 unspecified atom stereocenters. The summed E-state index contributed by atoms with van der Waals surface area (Å²) in [6.07, 6.45) is -0.654. The molecule has 2 aromatic rings. The maximum atomic E-state index is 13.1. The molecule has 0 radical (unpaired) electrons. The first kappa shape index (κ1) is 14.3. The quantitative estimate of drug-likeness (QED) is 0.783. The van der Waals surface area contributed by atoms with Gasteiger partial charge in [0.15, 0.2) is 6.10 Å². The Labute approximate surface area is 118 Å². The minimum Gasteiger partial charge on any atom is -0.482 e. The number of ketones is 1. The van der Waals surface area contributed by atoms with E-state index in [4.69, 9.17) is 4.74 Å². The first-order valence-corrected chi connectivity index (χ1v) is 6.51. The minimum atomic E-state index is -0.654. The molecule has 0 aliphatic carbocycles. The van der Waals surface area contributed by atoms with Crippen LogP contribution in [0, 0.1) is 19.7 Å². The summed E-state index contributed by atoms with van der Waals surface area (Å²) in [6.45, 7) is 5.63. The number of rotatable bonds is 4. The van der Waals surface area contributed by atoms with Gasteiger partial charge in [-0.2, -0.15) is 0 Å². The van der Waals surface area contributed by atoms with E-state index in [1.165, 1.54) is 12.1 Å². The molecule has 0 amide bonds. The fourth-order valence-corrected chi connectivity index (χ4v) is 1.93. The van der Waals surface area contributed by atoms with Crippen LogP contribution >= 0.6 is 0 Å². The average molecular weight is 272 g/mol. The number of hydrogen-bond donors (Lipinski definition) is 0. The summed E-state index contributed by atoms with van der Waals surface area (Å²) < 4.78 is 18.6. The standard InChI is InChI=1S/C17H17FO2/c1-11-7-8-14(9-12(11)2)17(19)13(3)20-16-6-4-5-15(18)10-16/h4-10,13H,1-3H3. The van der Waals surface area contributed by atoms with Gasteiger partial charge >= 0.3 is 0 Å². The van der Waals surface area contributed by atoms with Crippen LogP contribution in [0.2, 0.25) is 0 Å². The number of Topliss-reactive ketones (excluding diaryl/α,β-unsaturated/α-hetero) is 1. The molecule has 0 aliphatic rings. The Morgan fingerprint density at radius 3 is 2.50 bits per heavy atom. The Morgan fingerprint density at radius 2 is 1.85 bits per heavy atom. The lowest BCUT2D eigenvalue weighted by atomic mass is 10.0. The smallest absolute Gasteiger partial charge is 0.203 e. The van der Waals surface area contributed by atoms with Crippen molar-refractivity contribution < 1.29 is 13.9 Å². The fraction of sp³-hybridized carbons (Fsp3) is 0.235. The van der Waals surface area contributed by atoms with Crippen LogP contribution in [0.4, 0.5) is 4.39 Å². The zero-order valence-electron chi connectivity index (χ0n) is 11.8. The van der Waals surface area contributed by atoms with Gasteiger partial charge in [0.05, 0.1) is 0 Å². The topological polar surface area (TPSA) is 26.3 Å². The molecule has 0 N–H and O–H groups in total. The van der Waals surface area contributed by atoms with Crippen LogP contribution < -0.4 is 4.74 Å². The van der Waals surface area contributed by atoms with E-state index >= 15 is 0 Å². The zero-order valence-corrected chi connectivity index (χ0v) is 11.8. The van der Waals surface area contributed by atoms with Crippen molar-refractivity contribution in [2.75, 3.05) is 0 Å². The molecular formula is C17H17FO2. The summed E-state index contributed by atoms with van der Waals surface area (Å²) in [6, 6.07) is 11.3. The Kier molecular flexibility index (Phi) is 4.18. The summed E-state index contributed by atoms with van der Waals surface area (Å²) in [5.74, 6) is -0.139. The Balaban J connectivity index is 2.14. The molecule has 0 aromatic heterocycles. The van der Waals surface area contributed by atoms with Crippen molar-refractivity contribution >= 4 is 5.78 Å². The minimum absolute atomic E-state index is 0.114. The Hall–Kier alpha value is -2.16. The number of halogens is 1. The second-order valence-electron chi connectivity index (χ2n) is 4.88. The molecule has 3 heteroatoms. The molecule has 0 spiro atoms. The molecule has 0 saturated carbocycles. The van der Waals surface area contributed by atoms with E-state index in [0.717, 1.165) is 11.1 Å². The van der Waals surface area contributed by atoms with E-state index in [9.17, 15) is 9.18 Å². The molecule has 2 nitrogen and oxygen atoms in total. The first-order valence-electron chi connectivity index (χ1n) is 6.51. The van der Waals surface area contributed by atoms with Crippen LogP contribution in [0.25, 0.3) is 0 Å². The Morgan fingerprint density at radius 1 is 1.10 bits per heavy atom. The number of benzene rings is 2. The molecule has 0 fully saturated rings. The molecular weight excluding hydrogens is 255 g/mol. The van der Waals surface area contributed by atoms with E-state index in [-0.39, 0.29) is 11.6 Å². The highest BCUT2D eigenvalue weighted by Crippen LogP contribution is 2.17. The Bertz CT molecular complexity index is 635. The lowest BCUT2D eigenvalue weighted by Gasteiger charge is -2.14. The van der Waals surface area contributed by atoms with Crippen molar-refractivity contribution in [1.82, 2.24) is 0 Å². The average Bonchev–Trinajstić information content (AvgIpc) is 2.41. The van der Waals surface area contributed by atoms with Gasteiger partial charge in [-0.25, -0.2) is 4.39 Å². The molecule has 20 heavy (non-hydrogen) atoms. The lowest BCUT2D eigenvalue weighted by Crippen LogP contribution is -2.24. The number of carbonyl (C=O) groups is 1. The van der Waals surface area contributed by atoms with E-state index < -0.39 is 6.10 Å². The van der Waals surface area contributed by atoms with E-state index in [1.807, 2.05) is 26.0 Å². The second-order valence-corrected chi connectivity index (χ2v) is 4.88. The first-order chi connectivity index (χ1) is 9.47. The molecule has 0 bridgehead atoms. The molecule has 0 aliphatic heterocycles. The summed E-state index contributed by atoms with van der Waals surface area (Å²) in [5.41, 5.74) is 2.81. The summed E-state index contributed by atoms with van der Waals surface area (Å²) >= 11 is 0. The third-order valence-electron chi connectivity index (χ3n) is 3.27. The monoisotopic (exact) mass is 272 g/mol. The van der Waals surface area contributed by atoms with E-state index in [2.05, 4.69) is 0 Å². The molecule has 104 valence electrons. The number of ether oxygens (including phenoxy) is 1. The van der Waals surface area contributed by atoms with Gasteiger partial charge in [0.25, 0.3) is 0 Å². The van der Waals surface area contributed by atoms with Gasteiger partial charge in [-0.3, -0.25) is 4.79 Å². The van der Waals surface area contributed by atoms with Crippen LogP contribution in [0.15, 0.2) is 42.5 Å². The maximum Gasteiger partial charge on any atom is 0.203 e. The van der Waals surface area contributed by atoms with Crippen molar-refractivity contribution in [3.8, 4) is 5.75 Å². The van der Waals surface area contributed by atoms with Crippen molar-refractivity contribution in [2.24, 2.45) is 0 Å². The van der Waals surface area contributed by atoms with E-state index in [1.54, 1.807) is 25.1 Å². The van der Waals surface area contributed by atoms with Crippen molar-refractivity contribution in [3.05, 3.63) is 65.0 Å². The third kappa shape index (κ3) is 3.23. The third-order valence-corrected chi connectivity index (χ3v) is 3.27. The second kappa shape index (κ2) is 5.87. The van der Waals surface area contributed by atoms with Gasteiger partial charge in [-0.15, -0.1) is 0 Å². The SMILES string of the molecule is Cc1ccc(C(=O)C(C)Oc2cccc(F)c2)cc1C. The van der Waals surface area contributed by atoms with Gasteiger partial charge in [0.2, 0.25) is 5.78 Å². The highest BCUT2D eigenvalue weighted by Gasteiger charge is 2.17. The molecule has 1 atom stereocenters. The fourth-order valence-electron chi connectivity index (χ4n) is 1.93. The molecule has 0 saturated heterocycles. The highest BCUT2D eigenvalue weighted by atomic mass is 19.1. The maximum absolute atomic E-state index is 13.1. The van der Waals surface area contributed by atoms with Gasteiger partial charge in [-0.1, -0.05) is 18.2 Å². The van der Waals surface area contributed by atoms with Crippen LogP contribution in [-0.2, 0) is 0 Å². The number of carbonyl (C=O) groups excluding carboxylic acids is 1. The van der Waals surface area contributed by atoms with Gasteiger partial charge in [0, 0.05) is 11.6 Å². The zero-order chi connectivity index (χ0) is 14.7. The van der Waals surface area contributed by atoms with Crippen LogP contribution in [-0.4, -0.2) is 11.9 Å². The molecule has 2 aromatic carbocycles. The number of hydrogen-bond acceptors (Lipinski definition) is 2. The molecule has 2 rings (SSSR count). The molecule has 0 heterocycles.